The molecule has 1 fully saturated rings. The Hall–Kier alpha value is -2.44. The van der Waals surface area contributed by atoms with Gasteiger partial charge in [-0.2, -0.15) is 0 Å². The number of hydrogen-bond acceptors (Lipinski definition) is 4. The van der Waals surface area contributed by atoms with Crippen LogP contribution in [0.5, 0.6) is 0 Å². The van der Waals surface area contributed by atoms with E-state index in [-0.39, 0.29) is 17.7 Å². The summed E-state index contributed by atoms with van der Waals surface area (Å²) < 4.78 is 1.96. The van der Waals surface area contributed by atoms with Gasteiger partial charge in [0, 0.05) is 30.6 Å². The van der Waals surface area contributed by atoms with E-state index in [0.29, 0.717) is 24.8 Å². The van der Waals surface area contributed by atoms with Crippen LogP contribution in [0.15, 0.2) is 42.6 Å². The van der Waals surface area contributed by atoms with Gasteiger partial charge in [0.25, 0.3) is 0 Å². The van der Waals surface area contributed by atoms with Gasteiger partial charge in [0.2, 0.25) is 5.91 Å². The van der Waals surface area contributed by atoms with E-state index in [1.165, 1.54) is 12.0 Å². The van der Waals surface area contributed by atoms with Crippen molar-refractivity contribution in [3.63, 3.8) is 0 Å². The highest BCUT2D eigenvalue weighted by Gasteiger charge is 2.28. The van der Waals surface area contributed by atoms with Crippen LogP contribution in [0.25, 0.3) is 0 Å². The van der Waals surface area contributed by atoms with Gasteiger partial charge in [-0.15, -0.1) is 0 Å². The molecule has 33 heavy (non-hydrogen) atoms. The van der Waals surface area contributed by atoms with E-state index >= 15 is 0 Å². The molecule has 178 valence electrons. The Morgan fingerprint density at radius 1 is 1.24 bits per heavy atom. The van der Waals surface area contributed by atoms with Crippen LogP contribution in [-0.2, 0) is 17.8 Å². The topological polar surface area (TPSA) is 58.4 Å². The van der Waals surface area contributed by atoms with Gasteiger partial charge in [-0.1, -0.05) is 49.7 Å². The number of nitrogens with zero attached hydrogens (tertiary/aromatic N) is 4. The molecule has 1 aromatic heterocycles. The number of benzene rings is 1. The molecular weight excluding hydrogens is 436 g/mol. The molecule has 0 aliphatic carbocycles. The second-order valence-corrected chi connectivity index (χ2v) is 9.13. The predicted molar refractivity (Wildman–Crippen MR) is 133 cm³/mol. The Kier molecular flexibility index (Phi) is 8.87. The van der Waals surface area contributed by atoms with Crippen LogP contribution in [0.2, 0.25) is 5.02 Å². The molecule has 0 spiro atoms. The number of hydrogen-bond donors (Lipinski definition) is 0. The van der Waals surface area contributed by atoms with Crippen LogP contribution in [0, 0.1) is 0 Å². The third-order valence-electron chi connectivity index (χ3n) is 6.38. The fourth-order valence-electron chi connectivity index (χ4n) is 4.34. The number of imidazole rings is 1. The van der Waals surface area contributed by atoms with E-state index in [9.17, 15) is 9.59 Å². The quantitative estimate of drug-likeness (QED) is 0.443. The maximum Gasteiger partial charge on any atom is 0.246 e. The zero-order valence-corrected chi connectivity index (χ0v) is 20.9. The zero-order valence-electron chi connectivity index (χ0n) is 20.1. The number of fused-ring (bicyclic) bond motifs is 1. The zero-order chi connectivity index (χ0) is 24.0. The minimum atomic E-state index is 0.0145. The number of amides is 1. The van der Waals surface area contributed by atoms with Crippen LogP contribution in [0.4, 0.5) is 0 Å². The molecule has 1 saturated heterocycles. The normalized spacial score (nSPS) is 18.8. The van der Waals surface area contributed by atoms with Crippen molar-refractivity contribution < 1.29 is 9.59 Å². The third-order valence-corrected chi connectivity index (χ3v) is 6.75. The fourth-order valence-corrected chi connectivity index (χ4v) is 4.61. The Bertz CT molecular complexity index is 996. The molecule has 1 amide bonds. The summed E-state index contributed by atoms with van der Waals surface area (Å²) in [5, 5.41) is 0.875. The Labute approximate surface area is 202 Å². The van der Waals surface area contributed by atoms with Crippen LogP contribution < -0.4 is 0 Å². The first-order valence-electron chi connectivity index (χ1n) is 11.9. The summed E-state index contributed by atoms with van der Waals surface area (Å²) in [6, 6.07) is 8.33. The highest BCUT2D eigenvalue weighted by Crippen LogP contribution is 2.23. The van der Waals surface area contributed by atoms with E-state index in [0.717, 1.165) is 36.8 Å². The maximum absolute atomic E-state index is 12.6. The number of rotatable bonds is 6. The van der Waals surface area contributed by atoms with Crippen LogP contribution in [0.3, 0.4) is 0 Å². The first kappa shape index (κ1) is 25.2. The van der Waals surface area contributed by atoms with E-state index in [2.05, 4.69) is 23.7 Å². The lowest BCUT2D eigenvalue weighted by Crippen LogP contribution is -2.44. The van der Waals surface area contributed by atoms with Gasteiger partial charge in [-0.3, -0.25) is 14.5 Å². The summed E-state index contributed by atoms with van der Waals surface area (Å²) >= 11 is 5.82. The van der Waals surface area contributed by atoms with Crippen molar-refractivity contribution in [1.82, 2.24) is 19.4 Å². The lowest BCUT2D eigenvalue weighted by molar-refractivity contribution is -0.128. The number of halogens is 1. The van der Waals surface area contributed by atoms with Gasteiger partial charge >= 0.3 is 0 Å². The van der Waals surface area contributed by atoms with Gasteiger partial charge in [0.1, 0.15) is 11.5 Å². The molecule has 6 nitrogen and oxygen atoms in total. The second-order valence-electron chi connectivity index (χ2n) is 8.72. The molecule has 2 aliphatic heterocycles. The average Bonchev–Trinajstić information content (AvgIpc) is 3.21. The van der Waals surface area contributed by atoms with Gasteiger partial charge in [0.05, 0.1) is 18.8 Å². The summed E-state index contributed by atoms with van der Waals surface area (Å²) in [7, 11) is 0. The van der Waals surface area contributed by atoms with Crippen molar-refractivity contribution >= 4 is 23.3 Å². The van der Waals surface area contributed by atoms with Crippen molar-refractivity contribution in [3.8, 4) is 0 Å². The predicted octanol–water partition coefficient (Wildman–Crippen LogP) is 4.93. The number of carbonyl (C=O) groups is 2. The molecule has 0 radical (unpaired) electrons. The molecule has 2 aromatic rings. The number of ketones is 1. The highest BCUT2D eigenvalue weighted by molar-refractivity contribution is 6.31. The minimum Gasteiger partial charge on any atom is -0.330 e. The van der Waals surface area contributed by atoms with E-state index in [1.54, 1.807) is 19.2 Å². The van der Waals surface area contributed by atoms with Gasteiger partial charge in [-0.25, -0.2) is 4.98 Å². The number of Topliss-reactive ketones (excluding diaryl/α,β-unsaturated/α-hetero) is 1. The molecule has 7 heteroatoms. The Balaban J connectivity index is 0.000000286. The first-order valence-corrected chi connectivity index (χ1v) is 12.2. The summed E-state index contributed by atoms with van der Waals surface area (Å²) in [5.41, 5.74) is 1.85. The summed E-state index contributed by atoms with van der Waals surface area (Å²) in [5.74, 6) is 0.829. The summed E-state index contributed by atoms with van der Waals surface area (Å²) in [6.07, 6.45) is 8.65. The van der Waals surface area contributed by atoms with E-state index in [1.807, 2.05) is 46.7 Å². The van der Waals surface area contributed by atoms with Crippen molar-refractivity contribution in [2.24, 2.45) is 0 Å². The lowest BCUT2D eigenvalue weighted by atomic mass is 10.1. The fraction of sp³-hybridized carbons (Fsp3) is 0.500. The average molecular weight is 471 g/mol. The molecule has 1 aromatic carbocycles. The molecule has 2 unspecified atom stereocenters. The van der Waals surface area contributed by atoms with Crippen LogP contribution >= 0.6 is 11.6 Å². The van der Waals surface area contributed by atoms with Crippen LogP contribution in [-0.4, -0.2) is 56.7 Å². The number of likely N-dealkylation sites (tertiary alicyclic amines) is 1. The third kappa shape index (κ3) is 6.12. The molecule has 2 aliphatic rings. The highest BCUT2D eigenvalue weighted by atomic mass is 35.5. The summed E-state index contributed by atoms with van der Waals surface area (Å²) in [6.45, 7) is 11.1. The molecule has 2 atom stereocenters. The monoisotopic (exact) mass is 470 g/mol. The van der Waals surface area contributed by atoms with E-state index in [4.69, 9.17) is 11.6 Å². The largest absolute Gasteiger partial charge is 0.330 e. The number of aromatic nitrogens is 2. The van der Waals surface area contributed by atoms with Gasteiger partial charge < -0.3 is 9.47 Å². The van der Waals surface area contributed by atoms with Crippen molar-refractivity contribution in [3.05, 3.63) is 64.7 Å². The molecular formula is C26H35ClN4O2. The smallest absolute Gasteiger partial charge is 0.246 e. The van der Waals surface area contributed by atoms with Crippen molar-refractivity contribution in [1.29, 1.82) is 0 Å². The SMILES string of the molecule is CCC(/C=C/C(=O)N1Cc2ncc(C(C)=O)n2C(C)C1)N1CCC1.CCc1ccccc1Cl. The van der Waals surface area contributed by atoms with Crippen molar-refractivity contribution in [2.45, 2.75) is 65.6 Å². The van der Waals surface area contributed by atoms with E-state index < -0.39 is 0 Å². The minimum absolute atomic E-state index is 0.0145. The molecule has 0 N–H and O–H groups in total. The molecule has 4 rings (SSSR count). The number of aryl methyl sites for hydroxylation is 1. The van der Waals surface area contributed by atoms with Gasteiger partial charge in [0.15, 0.2) is 5.78 Å². The summed E-state index contributed by atoms with van der Waals surface area (Å²) in [4.78, 5) is 32.8. The molecule has 0 saturated carbocycles. The maximum atomic E-state index is 12.6. The second kappa shape index (κ2) is 11.6. The van der Waals surface area contributed by atoms with Gasteiger partial charge in [-0.05, 0) is 50.9 Å². The van der Waals surface area contributed by atoms with Crippen LogP contribution in [0.1, 0.15) is 68.5 Å². The Morgan fingerprint density at radius 3 is 2.52 bits per heavy atom. The first-order chi connectivity index (χ1) is 15.8. The standard InChI is InChI=1S/C18H26N4O2.C8H9Cl/c1-4-15(20-8-5-9-20)6-7-18(24)21-11-13(2)22-16(14(3)23)10-19-17(22)12-21;1-2-7-5-3-4-6-8(7)9/h6-7,10,13,15H,4-5,8-9,11-12H2,1-3H3;3-6H,2H2,1H3/b7-6+;. The Morgan fingerprint density at radius 2 is 1.97 bits per heavy atom. The molecule has 0 bridgehead atoms. The van der Waals surface area contributed by atoms with Crippen molar-refractivity contribution in [2.75, 3.05) is 19.6 Å². The lowest BCUT2D eigenvalue weighted by Gasteiger charge is -2.36. The number of carbonyl (C=O) groups excluding carboxylic acids is 2. The molecule has 3 heterocycles.